The number of benzene rings is 2. The van der Waals surface area contributed by atoms with Crippen LogP contribution in [0.4, 0.5) is 10.1 Å². The minimum absolute atomic E-state index is 0.0687. The van der Waals surface area contributed by atoms with E-state index in [2.05, 4.69) is 5.32 Å². The number of nitrogens with one attached hydrogen (secondary N) is 1. The van der Waals surface area contributed by atoms with E-state index < -0.39 is 17.3 Å². The van der Waals surface area contributed by atoms with Gasteiger partial charge >= 0.3 is 0 Å². The molecule has 1 aromatic heterocycles. The summed E-state index contributed by atoms with van der Waals surface area (Å²) in [5, 5.41) is 4.62. The number of carbonyl (C=O) groups excluding carboxylic acids is 2. The van der Waals surface area contributed by atoms with E-state index in [1.54, 1.807) is 29.2 Å². The number of primary amides is 1. The van der Waals surface area contributed by atoms with Crippen LogP contribution in [0.2, 0.25) is 10.0 Å². The largest absolute Gasteiger partial charge is 0.374 e. The maximum atomic E-state index is 15.1. The molecule has 1 saturated heterocycles. The number of amides is 2. The average molecular weight is 491 g/mol. The van der Waals surface area contributed by atoms with Crippen molar-refractivity contribution < 1.29 is 14.0 Å². The summed E-state index contributed by atoms with van der Waals surface area (Å²) in [4.78, 5) is 37.8. The van der Waals surface area contributed by atoms with Crippen molar-refractivity contribution in [2.45, 2.75) is 25.4 Å². The highest BCUT2D eigenvalue weighted by molar-refractivity contribution is 6.42. The molecule has 0 saturated carbocycles. The van der Waals surface area contributed by atoms with Crippen molar-refractivity contribution >= 4 is 51.5 Å². The number of nitrogens with two attached hydrogens (primary N) is 1. The maximum absolute atomic E-state index is 15.1. The minimum atomic E-state index is -1.06. The molecule has 7 nitrogen and oxygen atoms in total. The van der Waals surface area contributed by atoms with E-state index in [1.807, 2.05) is 0 Å². The first kappa shape index (κ1) is 23.1. The van der Waals surface area contributed by atoms with Crippen LogP contribution in [0.15, 0.2) is 47.4 Å². The summed E-state index contributed by atoms with van der Waals surface area (Å²) in [7, 11) is 0. The summed E-state index contributed by atoms with van der Waals surface area (Å²) in [6.45, 7) is 1.76. The molecule has 1 fully saturated rings. The fraction of sp³-hybridized carbons (Fsp3) is 0.261. The summed E-state index contributed by atoms with van der Waals surface area (Å²) in [5.74, 6) is -1.33. The molecule has 0 radical (unpaired) electrons. The van der Waals surface area contributed by atoms with Gasteiger partial charge in [0.2, 0.25) is 11.8 Å². The average Bonchev–Trinajstić information content (AvgIpc) is 3.18. The molecule has 2 amide bonds. The molecular formula is C23H21Cl2FN4O3. The van der Waals surface area contributed by atoms with Crippen LogP contribution >= 0.6 is 23.2 Å². The van der Waals surface area contributed by atoms with Gasteiger partial charge in [0, 0.05) is 42.8 Å². The quantitative estimate of drug-likeness (QED) is 0.534. The number of fused-ring (bicyclic) bond motifs is 1. The molecule has 2 heterocycles. The molecular weight excluding hydrogens is 470 g/mol. The third-order valence-electron chi connectivity index (χ3n) is 5.93. The van der Waals surface area contributed by atoms with Gasteiger partial charge in [-0.3, -0.25) is 14.4 Å². The number of anilines is 1. The van der Waals surface area contributed by atoms with Crippen LogP contribution in [0.3, 0.4) is 0 Å². The Kier molecular flexibility index (Phi) is 6.07. The normalized spacial score (nSPS) is 18.0. The number of hydrogen-bond acceptors (Lipinski definition) is 4. The predicted octanol–water partition coefficient (Wildman–Crippen LogP) is 3.49. The molecule has 0 unspecified atom stereocenters. The van der Waals surface area contributed by atoms with E-state index in [1.165, 1.54) is 29.8 Å². The Labute approximate surface area is 198 Å². The number of halogens is 3. The van der Waals surface area contributed by atoms with Gasteiger partial charge < -0.3 is 20.5 Å². The zero-order valence-corrected chi connectivity index (χ0v) is 19.2. The number of rotatable bonds is 5. The van der Waals surface area contributed by atoms with Crippen molar-refractivity contribution in [3.63, 3.8) is 0 Å². The third kappa shape index (κ3) is 4.28. The first-order chi connectivity index (χ1) is 15.6. The first-order valence-corrected chi connectivity index (χ1v) is 11.0. The number of carbonyl (C=O) groups is 2. The summed E-state index contributed by atoms with van der Waals surface area (Å²) in [6.07, 6.45) is 1.88. The Morgan fingerprint density at radius 2 is 1.97 bits per heavy atom. The maximum Gasteiger partial charge on any atom is 0.258 e. The Hall–Kier alpha value is -3.10. The standard InChI is InChI=1S/C23H21Cl2FN4O3/c1-13(31)30-9-7-23(12-30,20-18(26)5-4-17(24)21(20)25)28-15-3-2-14-6-8-29(11-19(27)32)22(33)16(14)10-15/h2-6,8,10,28H,7,9,11-12H2,1H3,(H2,27,32)/t23-/m1/s1. The van der Waals surface area contributed by atoms with Gasteiger partial charge in [0.1, 0.15) is 12.4 Å². The van der Waals surface area contributed by atoms with Gasteiger partial charge in [-0.25, -0.2) is 4.39 Å². The van der Waals surface area contributed by atoms with Gasteiger partial charge in [-0.05, 0) is 42.1 Å². The van der Waals surface area contributed by atoms with Crippen LogP contribution in [-0.2, 0) is 21.7 Å². The van der Waals surface area contributed by atoms with E-state index in [-0.39, 0.29) is 40.2 Å². The van der Waals surface area contributed by atoms with Crippen molar-refractivity contribution in [1.29, 1.82) is 0 Å². The second-order valence-corrected chi connectivity index (χ2v) is 8.92. The van der Waals surface area contributed by atoms with Crippen molar-refractivity contribution in [2.75, 3.05) is 18.4 Å². The van der Waals surface area contributed by atoms with Crippen molar-refractivity contribution in [3.8, 4) is 0 Å². The van der Waals surface area contributed by atoms with E-state index in [9.17, 15) is 14.4 Å². The first-order valence-electron chi connectivity index (χ1n) is 10.2. The zero-order valence-electron chi connectivity index (χ0n) is 17.7. The summed E-state index contributed by atoms with van der Waals surface area (Å²) in [6, 6.07) is 9.46. The van der Waals surface area contributed by atoms with Gasteiger partial charge in [-0.15, -0.1) is 0 Å². The Bertz CT molecular complexity index is 1340. The van der Waals surface area contributed by atoms with Gasteiger partial charge in [0.25, 0.3) is 5.56 Å². The van der Waals surface area contributed by atoms with E-state index in [0.717, 1.165) is 0 Å². The molecule has 0 aliphatic carbocycles. The molecule has 0 spiro atoms. The highest BCUT2D eigenvalue weighted by atomic mass is 35.5. The lowest BCUT2D eigenvalue weighted by Gasteiger charge is -2.33. The molecule has 3 aromatic rings. The van der Waals surface area contributed by atoms with Crippen molar-refractivity contribution in [2.24, 2.45) is 5.73 Å². The molecule has 2 aromatic carbocycles. The molecule has 0 bridgehead atoms. The van der Waals surface area contributed by atoms with Crippen molar-refractivity contribution in [3.05, 3.63) is 74.4 Å². The number of aromatic nitrogens is 1. The van der Waals surface area contributed by atoms with E-state index in [4.69, 9.17) is 28.9 Å². The fourth-order valence-electron chi connectivity index (χ4n) is 4.34. The SMILES string of the molecule is CC(=O)N1CC[C@](Nc2ccc3ccn(CC(N)=O)c(=O)c3c2)(c2c(F)ccc(Cl)c2Cl)C1. The van der Waals surface area contributed by atoms with E-state index in [0.29, 0.717) is 29.4 Å². The van der Waals surface area contributed by atoms with Crippen LogP contribution in [0.25, 0.3) is 10.8 Å². The number of pyridine rings is 1. The Balaban J connectivity index is 1.83. The lowest BCUT2D eigenvalue weighted by Crippen LogP contribution is -2.40. The van der Waals surface area contributed by atoms with E-state index >= 15 is 4.39 Å². The molecule has 1 aliphatic rings. The van der Waals surface area contributed by atoms with Gasteiger partial charge in [0.05, 0.1) is 15.6 Å². The molecule has 1 atom stereocenters. The van der Waals surface area contributed by atoms with Crippen LogP contribution in [-0.4, -0.2) is 34.4 Å². The number of hydrogen-bond donors (Lipinski definition) is 2. The predicted molar refractivity (Wildman–Crippen MR) is 126 cm³/mol. The van der Waals surface area contributed by atoms with Gasteiger partial charge in [0.15, 0.2) is 0 Å². The Morgan fingerprint density at radius 3 is 2.64 bits per heavy atom. The summed E-state index contributed by atoms with van der Waals surface area (Å²) in [5.41, 5.74) is 4.48. The fourth-order valence-corrected chi connectivity index (χ4v) is 4.83. The lowest BCUT2D eigenvalue weighted by atomic mass is 9.87. The zero-order chi connectivity index (χ0) is 23.9. The smallest absolute Gasteiger partial charge is 0.258 e. The van der Waals surface area contributed by atoms with Crippen LogP contribution in [0, 0.1) is 5.82 Å². The Morgan fingerprint density at radius 1 is 1.21 bits per heavy atom. The van der Waals surface area contributed by atoms with Crippen LogP contribution in [0.5, 0.6) is 0 Å². The second kappa shape index (κ2) is 8.68. The minimum Gasteiger partial charge on any atom is -0.374 e. The van der Waals surface area contributed by atoms with Crippen LogP contribution < -0.4 is 16.6 Å². The van der Waals surface area contributed by atoms with Gasteiger partial charge in [-0.2, -0.15) is 0 Å². The number of nitrogens with zero attached hydrogens (tertiary/aromatic N) is 2. The van der Waals surface area contributed by atoms with Crippen molar-refractivity contribution in [1.82, 2.24) is 9.47 Å². The number of likely N-dealkylation sites (tertiary alicyclic amines) is 1. The summed E-state index contributed by atoms with van der Waals surface area (Å²) < 4.78 is 16.3. The van der Waals surface area contributed by atoms with Gasteiger partial charge in [-0.1, -0.05) is 29.3 Å². The highest BCUT2D eigenvalue weighted by Gasteiger charge is 2.44. The summed E-state index contributed by atoms with van der Waals surface area (Å²) >= 11 is 12.6. The molecule has 10 heteroatoms. The second-order valence-electron chi connectivity index (χ2n) is 8.13. The topological polar surface area (TPSA) is 97.4 Å². The molecule has 33 heavy (non-hydrogen) atoms. The molecule has 172 valence electrons. The third-order valence-corrected chi connectivity index (χ3v) is 6.73. The lowest BCUT2D eigenvalue weighted by molar-refractivity contribution is -0.128. The van der Waals surface area contributed by atoms with Crippen LogP contribution in [0.1, 0.15) is 18.9 Å². The highest BCUT2D eigenvalue weighted by Crippen LogP contribution is 2.43. The molecule has 1 aliphatic heterocycles. The molecule has 4 rings (SSSR count). The molecule has 3 N–H and O–H groups in total. The monoisotopic (exact) mass is 490 g/mol.